The molecule has 1 atom stereocenters. The van der Waals surface area contributed by atoms with Crippen LogP contribution in [0.1, 0.15) is 38.5 Å². The number of carboxylic acid groups (broad SMARTS) is 1. The van der Waals surface area contributed by atoms with E-state index in [2.05, 4.69) is 5.32 Å². The fourth-order valence-electron chi connectivity index (χ4n) is 2.16. The summed E-state index contributed by atoms with van der Waals surface area (Å²) >= 11 is 0. The zero-order valence-electron chi connectivity index (χ0n) is 11.8. The average molecular weight is 299 g/mol. The van der Waals surface area contributed by atoms with Gasteiger partial charge in [-0.05, 0) is 19.3 Å². The van der Waals surface area contributed by atoms with Gasteiger partial charge in [0.2, 0.25) is 17.7 Å². The highest BCUT2D eigenvalue weighted by atomic mass is 16.4. The largest absolute Gasteiger partial charge is 0.480 e. The Labute approximate surface area is 122 Å². The summed E-state index contributed by atoms with van der Waals surface area (Å²) in [6.45, 7) is 0.352. The summed E-state index contributed by atoms with van der Waals surface area (Å²) in [5.74, 6) is -2.49. The molecule has 0 bridgehead atoms. The van der Waals surface area contributed by atoms with Gasteiger partial charge in [0, 0.05) is 19.4 Å². The molecule has 4 N–H and O–H groups in total. The first-order chi connectivity index (χ1) is 9.90. The Morgan fingerprint density at radius 2 is 2.00 bits per heavy atom. The van der Waals surface area contributed by atoms with Gasteiger partial charge in [-0.15, -0.1) is 0 Å². The van der Waals surface area contributed by atoms with E-state index in [-0.39, 0.29) is 25.3 Å². The number of primary amides is 1. The fourth-order valence-corrected chi connectivity index (χ4v) is 2.16. The van der Waals surface area contributed by atoms with Crippen molar-refractivity contribution in [2.75, 3.05) is 13.1 Å². The van der Waals surface area contributed by atoms with Crippen LogP contribution >= 0.6 is 0 Å². The van der Waals surface area contributed by atoms with Crippen LogP contribution in [0, 0.1) is 0 Å². The van der Waals surface area contributed by atoms with Gasteiger partial charge in [-0.1, -0.05) is 6.42 Å². The van der Waals surface area contributed by atoms with E-state index in [0.717, 1.165) is 19.3 Å². The zero-order chi connectivity index (χ0) is 15.8. The summed E-state index contributed by atoms with van der Waals surface area (Å²) in [7, 11) is 0. The summed E-state index contributed by atoms with van der Waals surface area (Å²) in [6.07, 6.45) is 2.82. The third-order valence-corrected chi connectivity index (χ3v) is 3.32. The van der Waals surface area contributed by atoms with Gasteiger partial charge in [-0.3, -0.25) is 14.4 Å². The Bertz CT molecular complexity index is 424. The number of carbonyl (C=O) groups excluding carboxylic acids is 3. The average Bonchev–Trinajstić information content (AvgIpc) is 2.59. The van der Waals surface area contributed by atoms with Crippen LogP contribution in [0.2, 0.25) is 0 Å². The highest BCUT2D eigenvalue weighted by Crippen LogP contribution is 2.10. The number of nitrogens with one attached hydrogen (secondary N) is 1. The van der Waals surface area contributed by atoms with Crippen molar-refractivity contribution in [3.8, 4) is 0 Å². The number of likely N-dealkylation sites (tertiary alicyclic amines) is 1. The van der Waals surface area contributed by atoms with Crippen LogP contribution in [0.3, 0.4) is 0 Å². The van der Waals surface area contributed by atoms with Crippen molar-refractivity contribution in [2.24, 2.45) is 5.73 Å². The maximum Gasteiger partial charge on any atom is 0.326 e. The number of amides is 3. The zero-order valence-corrected chi connectivity index (χ0v) is 11.8. The minimum Gasteiger partial charge on any atom is -0.480 e. The second-order valence-electron chi connectivity index (χ2n) is 5.09. The number of hydrogen-bond donors (Lipinski definition) is 3. The predicted octanol–water partition coefficient (Wildman–Crippen LogP) is -0.776. The number of carbonyl (C=O) groups is 4. The Morgan fingerprint density at radius 3 is 2.62 bits per heavy atom. The van der Waals surface area contributed by atoms with Crippen LogP contribution < -0.4 is 11.1 Å². The highest BCUT2D eigenvalue weighted by molar-refractivity contribution is 5.88. The van der Waals surface area contributed by atoms with Gasteiger partial charge in [0.15, 0.2) is 0 Å². The van der Waals surface area contributed by atoms with Gasteiger partial charge in [-0.2, -0.15) is 0 Å². The lowest BCUT2D eigenvalue weighted by Crippen LogP contribution is -2.47. The minimum absolute atomic E-state index is 0.0651. The van der Waals surface area contributed by atoms with Crippen molar-refractivity contribution in [2.45, 2.75) is 44.6 Å². The standard InChI is InChI=1S/C13H21N3O5/c14-10(17)6-5-9(13(20)21)15-11(18)8-16-7-3-1-2-4-12(16)19/h9H,1-8H2,(H2,14,17)(H,15,18)(H,20,21)/t9-/m0/s1. The van der Waals surface area contributed by atoms with Crippen LogP contribution in [-0.2, 0) is 19.2 Å². The lowest BCUT2D eigenvalue weighted by molar-refractivity contribution is -0.142. The first-order valence-electron chi connectivity index (χ1n) is 6.98. The summed E-state index contributed by atoms with van der Waals surface area (Å²) in [4.78, 5) is 46.7. The summed E-state index contributed by atoms with van der Waals surface area (Å²) in [6, 6.07) is -1.17. The van der Waals surface area contributed by atoms with E-state index in [1.807, 2.05) is 0 Å². The molecule has 1 rings (SSSR count). The molecule has 1 fully saturated rings. The molecule has 0 aromatic rings. The number of carboxylic acids is 1. The van der Waals surface area contributed by atoms with E-state index < -0.39 is 23.8 Å². The highest BCUT2D eigenvalue weighted by Gasteiger charge is 2.24. The van der Waals surface area contributed by atoms with E-state index >= 15 is 0 Å². The fraction of sp³-hybridized carbons (Fsp3) is 0.692. The lowest BCUT2D eigenvalue weighted by Gasteiger charge is -2.21. The topological polar surface area (TPSA) is 130 Å². The molecule has 0 spiro atoms. The quantitative estimate of drug-likeness (QED) is 0.568. The molecule has 0 aromatic carbocycles. The van der Waals surface area contributed by atoms with Gasteiger partial charge >= 0.3 is 5.97 Å². The van der Waals surface area contributed by atoms with Crippen molar-refractivity contribution < 1.29 is 24.3 Å². The Hall–Kier alpha value is -2.12. The van der Waals surface area contributed by atoms with E-state index in [9.17, 15) is 19.2 Å². The van der Waals surface area contributed by atoms with Gasteiger partial charge in [0.05, 0.1) is 6.54 Å². The summed E-state index contributed by atoms with van der Waals surface area (Å²) in [5.41, 5.74) is 4.96. The molecule has 1 aliphatic rings. The molecule has 0 aliphatic carbocycles. The maximum absolute atomic E-state index is 11.8. The maximum atomic E-state index is 11.8. The second-order valence-corrected chi connectivity index (χ2v) is 5.09. The molecule has 21 heavy (non-hydrogen) atoms. The monoisotopic (exact) mass is 299 g/mol. The van der Waals surface area contributed by atoms with Gasteiger partial charge in [0.1, 0.15) is 6.04 Å². The molecule has 8 heteroatoms. The Morgan fingerprint density at radius 1 is 1.29 bits per heavy atom. The molecule has 3 amide bonds. The molecule has 0 saturated carbocycles. The van der Waals surface area contributed by atoms with E-state index in [1.54, 1.807) is 0 Å². The second kappa shape index (κ2) is 8.23. The van der Waals surface area contributed by atoms with Crippen molar-refractivity contribution in [1.29, 1.82) is 0 Å². The van der Waals surface area contributed by atoms with Crippen molar-refractivity contribution in [1.82, 2.24) is 10.2 Å². The first kappa shape index (κ1) is 16.9. The van der Waals surface area contributed by atoms with Crippen LogP contribution in [0.5, 0.6) is 0 Å². The molecule has 1 saturated heterocycles. The predicted molar refractivity (Wildman–Crippen MR) is 73.0 cm³/mol. The molecule has 0 unspecified atom stereocenters. The normalized spacial score (nSPS) is 17.0. The van der Waals surface area contributed by atoms with E-state index in [4.69, 9.17) is 10.8 Å². The van der Waals surface area contributed by atoms with Gasteiger partial charge in [0.25, 0.3) is 0 Å². The van der Waals surface area contributed by atoms with Crippen LogP contribution in [-0.4, -0.2) is 52.8 Å². The Kier molecular flexibility index (Phi) is 6.64. The third kappa shape index (κ3) is 6.24. The molecule has 1 aliphatic heterocycles. The number of aliphatic carboxylic acids is 1. The number of nitrogens with two attached hydrogens (primary N) is 1. The van der Waals surface area contributed by atoms with Crippen molar-refractivity contribution in [3.05, 3.63) is 0 Å². The molecule has 0 radical (unpaired) electrons. The summed E-state index contributed by atoms with van der Waals surface area (Å²) < 4.78 is 0. The first-order valence-corrected chi connectivity index (χ1v) is 6.98. The minimum atomic E-state index is -1.23. The molecule has 0 aromatic heterocycles. The third-order valence-electron chi connectivity index (χ3n) is 3.32. The molecular weight excluding hydrogens is 278 g/mol. The van der Waals surface area contributed by atoms with Gasteiger partial charge < -0.3 is 21.1 Å². The summed E-state index contributed by atoms with van der Waals surface area (Å²) in [5, 5.41) is 11.3. The van der Waals surface area contributed by atoms with Crippen LogP contribution in [0.25, 0.3) is 0 Å². The molecule has 1 heterocycles. The Balaban J connectivity index is 2.50. The van der Waals surface area contributed by atoms with E-state index in [0.29, 0.717) is 13.0 Å². The van der Waals surface area contributed by atoms with Crippen molar-refractivity contribution in [3.63, 3.8) is 0 Å². The molecular formula is C13H21N3O5. The molecule has 118 valence electrons. The SMILES string of the molecule is NC(=O)CC[C@H](NC(=O)CN1CCCCCC1=O)C(=O)O. The smallest absolute Gasteiger partial charge is 0.326 e. The lowest BCUT2D eigenvalue weighted by atomic mass is 10.1. The van der Waals surface area contributed by atoms with E-state index in [1.165, 1.54) is 4.90 Å². The van der Waals surface area contributed by atoms with Crippen LogP contribution in [0.4, 0.5) is 0 Å². The number of rotatable bonds is 7. The van der Waals surface area contributed by atoms with Crippen molar-refractivity contribution >= 4 is 23.7 Å². The van der Waals surface area contributed by atoms with Crippen LogP contribution in [0.15, 0.2) is 0 Å². The van der Waals surface area contributed by atoms with Gasteiger partial charge in [-0.25, -0.2) is 4.79 Å². The number of hydrogen-bond acceptors (Lipinski definition) is 4. The molecule has 8 nitrogen and oxygen atoms in total. The number of nitrogens with zero attached hydrogens (tertiary/aromatic N) is 1.